The van der Waals surface area contributed by atoms with Crippen LogP contribution in [0.5, 0.6) is 0 Å². The molecule has 2 aromatic carbocycles. The van der Waals surface area contributed by atoms with Crippen molar-refractivity contribution in [3.63, 3.8) is 0 Å². The van der Waals surface area contributed by atoms with E-state index in [1.807, 2.05) is 50.3 Å². The van der Waals surface area contributed by atoms with E-state index in [-0.39, 0.29) is 17.2 Å². The third kappa shape index (κ3) is 5.53. The number of amides is 2. The molecule has 4 N–H and O–H groups in total. The van der Waals surface area contributed by atoms with Crippen LogP contribution in [0.1, 0.15) is 63.2 Å². The number of aromatic nitrogens is 1. The Kier molecular flexibility index (Phi) is 7.95. The SMILES string of the molecule is CCN(CC)CCNC(=O)c1c(C)[nH]c(/C=C2\C(=O)Nc3ccc(C4=CSC(c5ccccc5)N4)cc32)c1C. The van der Waals surface area contributed by atoms with Gasteiger partial charge in [0.2, 0.25) is 0 Å². The number of aromatic amines is 1. The Hall–Kier alpha value is -3.75. The minimum atomic E-state index is -0.149. The summed E-state index contributed by atoms with van der Waals surface area (Å²) in [6, 6.07) is 16.4. The third-order valence-electron chi connectivity index (χ3n) is 7.42. The van der Waals surface area contributed by atoms with E-state index in [0.717, 1.165) is 59.1 Å². The number of benzene rings is 2. The number of carbonyl (C=O) groups excluding carboxylic acids is 2. The Morgan fingerprint density at radius 1 is 1.10 bits per heavy atom. The van der Waals surface area contributed by atoms with Gasteiger partial charge in [0.15, 0.2) is 0 Å². The summed E-state index contributed by atoms with van der Waals surface area (Å²) in [7, 11) is 0. The fraction of sp³-hybridized carbons (Fsp3) is 0.290. The fourth-order valence-corrected chi connectivity index (χ4v) is 6.13. The molecule has 0 fully saturated rings. The largest absolute Gasteiger partial charge is 0.368 e. The van der Waals surface area contributed by atoms with Crippen LogP contribution in [0.4, 0.5) is 5.69 Å². The number of hydrogen-bond acceptors (Lipinski definition) is 5. The topological polar surface area (TPSA) is 89.3 Å². The van der Waals surface area contributed by atoms with E-state index in [2.05, 4.69) is 63.3 Å². The number of anilines is 1. The highest BCUT2D eigenvalue weighted by atomic mass is 32.2. The maximum atomic E-state index is 13.0. The molecule has 39 heavy (non-hydrogen) atoms. The van der Waals surface area contributed by atoms with Gasteiger partial charge in [0.05, 0.1) is 11.1 Å². The molecule has 0 aliphatic carbocycles. The van der Waals surface area contributed by atoms with Gasteiger partial charge in [-0.05, 0) is 67.2 Å². The molecule has 1 atom stereocenters. The number of hydrogen-bond donors (Lipinski definition) is 4. The number of thioether (sulfide) groups is 1. The Balaban J connectivity index is 1.36. The lowest BCUT2D eigenvalue weighted by Crippen LogP contribution is -2.35. The first-order chi connectivity index (χ1) is 18.9. The highest BCUT2D eigenvalue weighted by Crippen LogP contribution is 2.40. The van der Waals surface area contributed by atoms with Gasteiger partial charge in [-0.2, -0.15) is 0 Å². The predicted molar refractivity (Wildman–Crippen MR) is 161 cm³/mol. The van der Waals surface area contributed by atoms with E-state index in [4.69, 9.17) is 0 Å². The summed E-state index contributed by atoms with van der Waals surface area (Å²) < 4.78 is 0. The Labute approximate surface area is 234 Å². The molecule has 2 aliphatic heterocycles. The number of nitrogens with zero attached hydrogens (tertiary/aromatic N) is 1. The fourth-order valence-electron chi connectivity index (χ4n) is 5.14. The van der Waals surface area contributed by atoms with E-state index >= 15 is 0 Å². The van der Waals surface area contributed by atoms with Crippen molar-refractivity contribution in [2.45, 2.75) is 33.1 Å². The van der Waals surface area contributed by atoms with Crippen LogP contribution >= 0.6 is 11.8 Å². The second-order valence-corrected chi connectivity index (χ2v) is 10.8. The van der Waals surface area contributed by atoms with Crippen molar-refractivity contribution in [3.05, 3.63) is 93.1 Å². The van der Waals surface area contributed by atoms with Crippen LogP contribution in [-0.4, -0.2) is 47.9 Å². The lowest BCUT2D eigenvalue weighted by Gasteiger charge is -2.18. The van der Waals surface area contributed by atoms with Gasteiger partial charge in [-0.1, -0.05) is 50.2 Å². The average Bonchev–Trinajstić information content (AvgIpc) is 3.63. The maximum absolute atomic E-state index is 13.0. The van der Waals surface area contributed by atoms with Crippen molar-refractivity contribution in [3.8, 4) is 0 Å². The smallest absolute Gasteiger partial charge is 0.256 e. The molecule has 3 aromatic rings. The lowest BCUT2D eigenvalue weighted by atomic mass is 10.0. The number of aryl methyl sites for hydroxylation is 1. The van der Waals surface area contributed by atoms with Crippen LogP contribution in [0, 0.1) is 13.8 Å². The number of carbonyl (C=O) groups is 2. The number of nitrogens with one attached hydrogen (secondary N) is 4. The molecule has 0 saturated heterocycles. The molecule has 2 aliphatic rings. The quantitative estimate of drug-likeness (QED) is 0.268. The summed E-state index contributed by atoms with van der Waals surface area (Å²) in [5.74, 6) is -0.245. The molecular weight excluding hydrogens is 506 g/mol. The van der Waals surface area contributed by atoms with E-state index in [1.165, 1.54) is 5.56 Å². The molecule has 0 radical (unpaired) electrons. The van der Waals surface area contributed by atoms with E-state index in [0.29, 0.717) is 17.7 Å². The second-order valence-electron chi connectivity index (χ2n) is 9.82. The molecule has 3 heterocycles. The zero-order valence-electron chi connectivity index (χ0n) is 22.9. The standard InChI is InChI=1S/C31H35N5O2S/c1-5-36(6-2)15-14-32-30(38)28-19(3)26(33-20(28)4)17-24-23-16-22(12-13-25(23)34-29(24)37)27-18-39-31(35-27)21-10-8-7-9-11-21/h7-13,16-18,31,33,35H,5-6,14-15H2,1-4H3,(H,32,38)(H,34,37)/b24-17-. The van der Waals surface area contributed by atoms with Gasteiger partial charge in [0, 0.05) is 41.4 Å². The van der Waals surface area contributed by atoms with Crippen molar-refractivity contribution in [2.75, 3.05) is 31.5 Å². The van der Waals surface area contributed by atoms with Crippen LogP contribution in [0.15, 0.2) is 53.9 Å². The van der Waals surface area contributed by atoms with Crippen LogP contribution in [-0.2, 0) is 4.79 Å². The van der Waals surface area contributed by atoms with Crippen molar-refractivity contribution in [1.29, 1.82) is 0 Å². The monoisotopic (exact) mass is 541 g/mol. The van der Waals surface area contributed by atoms with Gasteiger partial charge < -0.3 is 25.8 Å². The first-order valence-electron chi connectivity index (χ1n) is 13.4. The van der Waals surface area contributed by atoms with Crippen LogP contribution in [0.25, 0.3) is 17.3 Å². The summed E-state index contributed by atoms with van der Waals surface area (Å²) in [6.07, 6.45) is 1.86. The number of H-pyrrole nitrogens is 1. The van der Waals surface area contributed by atoms with Crippen molar-refractivity contribution >= 4 is 46.6 Å². The van der Waals surface area contributed by atoms with E-state index in [1.54, 1.807) is 11.8 Å². The average molecular weight is 542 g/mol. The van der Waals surface area contributed by atoms with Crippen LogP contribution in [0.2, 0.25) is 0 Å². The van der Waals surface area contributed by atoms with Crippen molar-refractivity contribution < 1.29 is 9.59 Å². The van der Waals surface area contributed by atoms with Gasteiger partial charge in [0.1, 0.15) is 5.37 Å². The maximum Gasteiger partial charge on any atom is 0.256 e. The second kappa shape index (κ2) is 11.6. The zero-order valence-corrected chi connectivity index (χ0v) is 23.7. The summed E-state index contributed by atoms with van der Waals surface area (Å²) in [5, 5.41) is 11.9. The molecule has 5 rings (SSSR count). The third-order valence-corrected chi connectivity index (χ3v) is 8.46. The van der Waals surface area contributed by atoms with Crippen molar-refractivity contribution in [2.24, 2.45) is 0 Å². The zero-order chi connectivity index (χ0) is 27.5. The molecule has 0 bridgehead atoms. The Morgan fingerprint density at radius 2 is 1.87 bits per heavy atom. The van der Waals surface area contributed by atoms with Gasteiger partial charge in [-0.15, -0.1) is 11.8 Å². The predicted octanol–water partition coefficient (Wildman–Crippen LogP) is 5.53. The molecule has 0 saturated carbocycles. The van der Waals surface area contributed by atoms with Gasteiger partial charge in [-0.25, -0.2) is 0 Å². The summed E-state index contributed by atoms with van der Waals surface area (Å²) in [5.41, 5.74) is 8.52. The molecule has 7 nitrogen and oxygen atoms in total. The van der Waals surface area contributed by atoms with E-state index < -0.39 is 0 Å². The molecule has 1 unspecified atom stereocenters. The highest BCUT2D eigenvalue weighted by Gasteiger charge is 2.27. The number of likely N-dealkylation sites (N-methyl/N-ethyl adjacent to an activating group) is 1. The van der Waals surface area contributed by atoms with Gasteiger partial charge in [0.25, 0.3) is 11.8 Å². The minimum absolute atomic E-state index is 0.0960. The summed E-state index contributed by atoms with van der Waals surface area (Å²) >= 11 is 1.74. The number of fused-ring (bicyclic) bond motifs is 1. The Bertz CT molecular complexity index is 1450. The highest BCUT2D eigenvalue weighted by molar-refractivity contribution is 8.02. The lowest BCUT2D eigenvalue weighted by molar-refractivity contribution is -0.110. The van der Waals surface area contributed by atoms with E-state index in [9.17, 15) is 9.59 Å². The molecule has 8 heteroatoms. The number of rotatable bonds is 9. The van der Waals surface area contributed by atoms with Crippen LogP contribution in [0.3, 0.4) is 0 Å². The summed E-state index contributed by atoms with van der Waals surface area (Å²) in [6.45, 7) is 11.4. The first-order valence-corrected chi connectivity index (χ1v) is 14.4. The van der Waals surface area contributed by atoms with Crippen molar-refractivity contribution in [1.82, 2.24) is 20.5 Å². The minimum Gasteiger partial charge on any atom is -0.368 e. The molecule has 202 valence electrons. The molecular formula is C31H35N5O2S. The summed E-state index contributed by atoms with van der Waals surface area (Å²) in [4.78, 5) is 31.6. The normalized spacial score (nSPS) is 17.3. The van der Waals surface area contributed by atoms with Crippen LogP contribution < -0.4 is 16.0 Å². The molecule has 0 spiro atoms. The first kappa shape index (κ1) is 26.8. The van der Waals surface area contributed by atoms with Gasteiger partial charge >= 0.3 is 0 Å². The molecule has 1 aromatic heterocycles. The molecule has 2 amide bonds. The Morgan fingerprint density at radius 3 is 2.62 bits per heavy atom. The van der Waals surface area contributed by atoms with Gasteiger partial charge in [-0.3, -0.25) is 9.59 Å².